The van der Waals surface area contributed by atoms with E-state index in [1.54, 1.807) is 0 Å². The third kappa shape index (κ3) is 1.51. The van der Waals surface area contributed by atoms with Crippen LogP contribution in [0.5, 0.6) is 0 Å². The highest BCUT2D eigenvalue weighted by atomic mass is 16.8. The quantitative estimate of drug-likeness (QED) is 0.682. The van der Waals surface area contributed by atoms with Crippen LogP contribution < -0.4 is 0 Å². The molecule has 3 heteroatoms. The highest BCUT2D eigenvalue weighted by Crippen LogP contribution is 2.64. The molecule has 0 aromatic rings. The van der Waals surface area contributed by atoms with Crippen molar-refractivity contribution >= 4 is 5.78 Å². The summed E-state index contributed by atoms with van der Waals surface area (Å²) in [5.41, 5.74) is 0.207. The summed E-state index contributed by atoms with van der Waals surface area (Å²) in [6.07, 6.45) is 6.21. The summed E-state index contributed by atoms with van der Waals surface area (Å²) in [5, 5.41) is 0. The Bertz CT molecular complexity index is 461. The normalized spacial score (nSPS) is 58.1. The molecule has 0 aromatic heterocycles. The van der Waals surface area contributed by atoms with Gasteiger partial charge in [0.1, 0.15) is 5.78 Å². The van der Waals surface area contributed by atoms with Gasteiger partial charge in [0.05, 0.1) is 12.2 Å². The van der Waals surface area contributed by atoms with E-state index >= 15 is 0 Å². The SMILES string of the molecule is C[C@@H]1C(=O)CC[C@@]2(C)[C@H]1CC[C@]13CO[C@](C)(CC[C@@H]12)O3. The Labute approximate surface area is 121 Å². The number of fused-ring (bicyclic) bond motifs is 3. The minimum absolute atomic E-state index is 0.0572. The molecule has 20 heavy (non-hydrogen) atoms. The number of ketones is 1. The monoisotopic (exact) mass is 278 g/mol. The second-order valence-electron chi connectivity index (χ2n) is 8.09. The van der Waals surface area contributed by atoms with Gasteiger partial charge < -0.3 is 9.47 Å². The van der Waals surface area contributed by atoms with E-state index in [9.17, 15) is 4.79 Å². The molecule has 2 aliphatic carbocycles. The van der Waals surface area contributed by atoms with Gasteiger partial charge in [-0.05, 0) is 49.9 Å². The van der Waals surface area contributed by atoms with Crippen LogP contribution in [-0.4, -0.2) is 23.8 Å². The van der Waals surface area contributed by atoms with Crippen LogP contribution in [0.4, 0.5) is 0 Å². The second-order valence-corrected chi connectivity index (χ2v) is 8.09. The molecule has 6 atom stereocenters. The fourth-order valence-corrected chi connectivity index (χ4v) is 5.97. The second kappa shape index (κ2) is 3.86. The predicted octanol–water partition coefficient (Wildman–Crippen LogP) is 3.31. The average Bonchev–Trinajstić information content (AvgIpc) is 2.65. The minimum Gasteiger partial charge on any atom is -0.347 e. The first-order valence-electron chi connectivity index (χ1n) is 8.25. The Morgan fingerprint density at radius 2 is 1.95 bits per heavy atom. The summed E-state index contributed by atoms with van der Waals surface area (Å²) in [6.45, 7) is 7.44. The maximum Gasteiger partial charge on any atom is 0.166 e. The molecular weight excluding hydrogens is 252 g/mol. The molecule has 0 unspecified atom stereocenters. The van der Waals surface area contributed by atoms with Crippen molar-refractivity contribution in [1.29, 1.82) is 0 Å². The van der Waals surface area contributed by atoms with E-state index in [4.69, 9.17) is 9.47 Å². The number of ether oxygens (including phenoxy) is 2. The number of carbonyl (C=O) groups is 1. The maximum absolute atomic E-state index is 12.1. The molecule has 2 bridgehead atoms. The Morgan fingerprint density at radius 1 is 1.15 bits per heavy atom. The van der Waals surface area contributed by atoms with Gasteiger partial charge >= 0.3 is 0 Å². The van der Waals surface area contributed by atoms with Crippen LogP contribution >= 0.6 is 0 Å². The van der Waals surface area contributed by atoms with Crippen molar-refractivity contribution in [3.8, 4) is 0 Å². The van der Waals surface area contributed by atoms with E-state index in [1.807, 2.05) is 0 Å². The standard InChI is InChI=1S/C17H26O3/c1-11-12-4-9-17-10-19-16(3,20-17)8-6-14(17)15(12,2)7-5-13(11)18/h11-12,14H,4-10H2,1-3H3/t11-,12-,14+,15-,16-,17-/m0/s1. The fraction of sp³-hybridized carbons (Fsp3) is 0.941. The summed E-state index contributed by atoms with van der Waals surface area (Å²) < 4.78 is 12.5. The molecule has 1 spiro atoms. The summed E-state index contributed by atoms with van der Waals surface area (Å²) in [6, 6.07) is 0. The fourth-order valence-electron chi connectivity index (χ4n) is 5.97. The topological polar surface area (TPSA) is 35.5 Å². The lowest BCUT2D eigenvalue weighted by Gasteiger charge is -2.60. The molecule has 0 radical (unpaired) electrons. The number of Topliss-reactive ketones (excluding diaryl/α,β-unsaturated/α-hetero) is 1. The number of carbonyl (C=O) groups excluding carboxylic acids is 1. The van der Waals surface area contributed by atoms with Crippen LogP contribution in [-0.2, 0) is 14.3 Å². The molecule has 4 fully saturated rings. The molecular formula is C17H26O3. The van der Waals surface area contributed by atoms with Crippen molar-refractivity contribution in [1.82, 2.24) is 0 Å². The van der Waals surface area contributed by atoms with Crippen molar-refractivity contribution < 1.29 is 14.3 Å². The molecule has 112 valence electrons. The smallest absolute Gasteiger partial charge is 0.166 e. The summed E-state index contributed by atoms with van der Waals surface area (Å²) in [7, 11) is 0. The average molecular weight is 278 g/mol. The van der Waals surface area contributed by atoms with Crippen molar-refractivity contribution in [3.63, 3.8) is 0 Å². The molecule has 4 aliphatic rings. The van der Waals surface area contributed by atoms with Crippen LogP contribution in [0.3, 0.4) is 0 Å². The molecule has 4 rings (SSSR count). The molecule has 2 aliphatic heterocycles. The zero-order valence-electron chi connectivity index (χ0n) is 12.9. The number of hydrogen-bond donors (Lipinski definition) is 0. The van der Waals surface area contributed by atoms with Crippen molar-refractivity contribution in [3.05, 3.63) is 0 Å². The molecule has 0 aromatic carbocycles. The molecule has 2 saturated heterocycles. The van der Waals surface area contributed by atoms with Gasteiger partial charge in [-0.2, -0.15) is 0 Å². The zero-order chi connectivity index (χ0) is 14.2. The lowest BCUT2D eigenvalue weighted by atomic mass is 9.47. The summed E-state index contributed by atoms with van der Waals surface area (Å²) >= 11 is 0. The lowest BCUT2D eigenvalue weighted by molar-refractivity contribution is -0.254. The van der Waals surface area contributed by atoms with Gasteiger partial charge in [-0.15, -0.1) is 0 Å². The van der Waals surface area contributed by atoms with Gasteiger partial charge in [0, 0.05) is 18.8 Å². The first-order chi connectivity index (χ1) is 9.39. The van der Waals surface area contributed by atoms with E-state index in [1.165, 1.54) is 6.42 Å². The van der Waals surface area contributed by atoms with Gasteiger partial charge in [0.15, 0.2) is 5.79 Å². The number of hydrogen-bond acceptors (Lipinski definition) is 3. The van der Waals surface area contributed by atoms with Crippen LogP contribution in [0.1, 0.15) is 59.3 Å². The van der Waals surface area contributed by atoms with Gasteiger partial charge in [-0.3, -0.25) is 4.79 Å². The van der Waals surface area contributed by atoms with E-state index < -0.39 is 0 Å². The van der Waals surface area contributed by atoms with Crippen molar-refractivity contribution in [2.75, 3.05) is 6.61 Å². The van der Waals surface area contributed by atoms with E-state index in [-0.39, 0.29) is 22.7 Å². The van der Waals surface area contributed by atoms with E-state index in [0.29, 0.717) is 17.6 Å². The zero-order valence-corrected chi connectivity index (χ0v) is 12.9. The van der Waals surface area contributed by atoms with Gasteiger partial charge in [0.25, 0.3) is 0 Å². The van der Waals surface area contributed by atoms with Gasteiger partial charge in [-0.1, -0.05) is 13.8 Å². The Kier molecular flexibility index (Phi) is 2.56. The number of rotatable bonds is 0. The Hall–Kier alpha value is -0.410. The van der Waals surface area contributed by atoms with Crippen LogP contribution in [0, 0.1) is 23.2 Å². The Balaban J connectivity index is 1.71. The largest absolute Gasteiger partial charge is 0.347 e. The minimum atomic E-state index is -0.338. The lowest BCUT2D eigenvalue weighted by Crippen LogP contribution is -2.61. The van der Waals surface area contributed by atoms with E-state index in [2.05, 4.69) is 20.8 Å². The third-order valence-corrected chi connectivity index (χ3v) is 7.11. The molecule has 0 amide bonds. The van der Waals surface area contributed by atoms with Crippen LogP contribution in [0.2, 0.25) is 0 Å². The first-order valence-corrected chi connectivity index (χ1v) is 8.25. The highest BCUT2D eigenvalue weighted by molar-refractivity contribution is 5.82. The first kappa shape index (κ1) is 13.3. The van der Waals surface area contributed by atoms with Crippen molar-refractivity contribution in [2.45, 2.75) is 70.7 Å². The predicted molar refractivity (Wildman–Crippen MR) is 75.1 cm³/mol. The van der Waals surface area contributed by atoms with Gasteiger partial charge in [0.2, 0.25) is 0 Å². The van der Waals surface area contributed by atoms with Crippen molar-refractivity contribution in [2.24, 2.45) is 23.2 Å². The van der Waals surface area contributed by atoms with Crippen LogP contribution in [0.25, 0.3) is 0 Å². The molecule has 2 saturated carbocycles. The van der Waals surface area contributed by atoms with Crippen LogP contribution in [0.15, 0.2) is 0 Å². The summed E-state index contributed by atoms with van der Waals surface area (Å²) in [4.78, 5) is 12.1. The molecule has 3 nitrogen and oxygen atoms in total. The third-order valence-electron chi connectivity index (χ3n) is 7.11. The van der Waals surface area contributed by atoms with Gasteiger partial charge in [-0.25, -0.2) is 0 Å². The highest BCUT2D eigenvalue weighted by Gasteiger charge is 2.65. The Morgan fingerprint density at radius 3 is 2.75 bits per heavy atom. The maximum atomic E-state index is 12.1. The molecule has 0 N–H and O–H groups in total. The summed E-state index contributed by atoms with van der Waals surface area (Å²) in [5.74, 6) is 1.50. The van der Waals surface area contributed by atoms with E-state index in [0.717, 1.165) is 38.7 Å². The molecule has 2 heterocycles.